The van der Waals surface area contributed by atoms with Crippen LogP contribution in [0.25, 0.3) is 5.13 Å². The largest absolute Gasteiger partial charge is 0.495 e. The van der Waals surface area contributed by atoms with Gasteiger partial charge in [-0.15, -0.1) is 11.3 Å². The second-order valence-corrected chi connectivity index (χ2v) is 6.78. The number of methoxy groups -OCH3 is 1. The minimum atomic E-state index is 0.388. The van der Waals surface area contributed by atoms with Crippen LogP contribution in [0.15, 0.2) is 47.0 Å². The minimum absolute atomic E-state index is 0.388. The summed E-state index contributed by atoms with van der Waals surface area (Å²) >= 11 is 6.88. The van der Waals surface area contributed by atoms with Gasteiger partial charge in [0.15, 0.2) is 10.2 Å². The maximum absolute atomic E-state index is 5.29. The van der Waals surface area contributed by atoms with Crippen molar-refractivity contribution in [3.8, 4) is 10.9 Å². The Labute approximate surface area is 161 Å². The summed E-state index contributed by atoms with van der Waals surface area (Å²) in [4.78, 5) is 4.37. The highest BCUT2D eigenvalue weighted by Crippen LogP contribution is 2.23. The molecule has 6 nitrogen and oxygen atoms in total. The van der Waals surface area contributed by atoms with Crippen LogP contribution in [0.5, 0.6) is 5.75 Å². The highest BCUT2D eigenvalue weighted by Gasteiger charge is 2.11. The summed E-state index contributed by atoms with van der Waals surface area (Å²) in [6.07, 6.45) is 3.55. The standard InChI is InChI=1S/C18H19N5OS2/c1-12-10-14(13(2)23(12)18-19-8-9-26-18)11-20-22-17(25)21-15-6-4-5-7-16(15)24-3/h4-11H,1-3H3,(H2,21,22,25)/b20-11-. The first kappa shape index (κ1) is 18.1. The Balaban J connectivity index is 1.67. The molecule has 3 aromatic rings. The number of nitrogens with zero attached hydrogens (tertiary/aromatic N) is 3. The van der Waals surface area contributed by atoms with Gasteiger partial charge < -0.3 is 10.1 Å². The zero-order valence-corrected chi connectivity index (χ0v) is 16.3. The summed E-state index contributed by atoms with van der Waals surface area (Å²) in [6, 6.07) is 9.62. The summed E-state index contributed by atoms with van der Waals surface area (Å²) in [5, 5.41) is 10.6. The van der Waals surface area contributed by atoms with Crippen molar-refractivity contribution < 1.29 is 4.74 Å². The van der Waals surface area contributed by atoms with Crippen molar-refractivity contribution in [3.63, 3.8) is 0 Å². The average Bonchev–Trinajstić information content (AvgIpc) is 3.24. The zero-order chi connectivity index (χ0) is 18.5. The van der Waals surface area contributed by atoms with E-state index in [2.05, 4.69) is 31.5 Å². The molecule has 134 valence electrons. The van der Waals surface area contributed by atoms with Crippen LogP contribution >= 0.6 is 23.6 Å². The second-order valence-electron chi connectivity index (χ2n) is 5.50. The van der Waals surface area contributed by atoms with Crippen molar-refractivity contribution in [3.05, 3.63) is 58.9 Å². The lowest BCUT2D eigenvalue weighted by atomic mass is 10.3. The van der Waals surface area contributed by atoms with Crippen molar-refractivity contribution in [2.45, 2.75) is 13.8 Å². The maximum atomic E-state index is 5.29. The average molecular weight is 386 g/mol. The molecule has 0 atom stereocenters. The van der Waals surface area contributed by atoms with Gasteiger partial charge in [0.05, 0.1) is 19.0 Å². The third-order valence-electron chi connectivity index (χ3n) is 3.81. The quantitative estimate of drug-likeness (QED) is 0.396. The number of hydrazone groups is 1. The van der Waals surface area contributed by atoms with Gasteiger partial charge in [0.2, 0.25) is 0 Å². The number of aryl methyl sites for hydroxylation is 1. The third-order valence-corrected chi connectivity index (χ3v) is 4.76. The Morgan fingerprint density at radius 3 is 2.88 bits per heavy atom. The monoisotopic (exact) mass is 385 g/mol. The van der Waals surface area contributed by atoms with Gasteiger partial charge in [0.25, 0.3) is 0 Å². The molecule has 0 radical (unpaired) electrons. The van der Waals surface area contributed by atoms with Crippen molar-refractivity contribution in [2.24, 2.45) is 5.10 Å². The number of hydrogen-bond donors (Lipinski definition) is 2. The van der Waals surface area contributed by atoms with Crippen molar-refractivity contribution in [1.82, 2.24) is 15.0 Å². The predicted molar refractivity (Wildman–Crippen MR) is 111 cm³/mol. The van der Waals surface area contributed by atoms with E-state index in [0.29, 0.717) is 10.9 Å². The fourth-order valence-corrected chi connectivity index (χ4v) is 3.51. The number of para-hydroxylation sites is 2. The number of anilines is 1. The Morgan fingerprint density at radius 1 is 1.35 bits per heavy atom. The maximum Gasteiger partial charge on any atom is 0.193 e. The Kier molecular flexibility index (Phi) is 5.65. The van der Waals surface area contributed by atoms with Crippen LogP contribution in [0.3, 0.4) is 0 Å². The van der Waals surface area contributed by atoms with E-state index >= 15 is 0 Å². The molecule has 2 heterocycles. The first-order chi connectivity index (χ1) is 12.6. The fraction of sp³-hybridized carbons (Fsp3) is 0.167. The molecule has 0 saturated carbocycles. The molecule has 0 bridgehead atoms. The molecule has 8 heteroatoms. The van der Waals surface area contributed by atoms with Crippen LogP contribution in [-0.2, 0) is 0 Å². The molecular weight excluding hydrogens is 366 g/mol. The van der Waals surface area contributed by atoms with Crippen LogP contribution < -0.4 is 15.5 Å². The molecule has 0 aliphatic carbocycles. The number of aromatic nitrogens is 2. The van der Waals surface area contributed by atoms with Crippen molar-refractivity contribution in [2.75, 3.05) is 12.4 Å². The summed E-state index contributed by atoms with van der Waals surface area (Å²) in [5.41, 5.74) is 6.80. The molecule has 0 unspecified atom stereocenters. The Morgan fingerprint density at radius 2 is 2.15 bits per heavy atom. The number of benzene rings is 1. The van der Waals surface area contributed by atoms with Crippen molar-refractivity contribution >= 4 is 40.6 Å². The summed E-state index contributed by atoms with van der Waals surface area (Å²) < 4.78 is 7.40. The van der Waals surface area contributed by atoms with Crippen LogP contribution in [0.4, 0.5) is 5.69 Å². The molecule has 3 rings (SSSR count). The van der Waals surface area contributed by atoms with Gasteiger partial charge in [-0.1, -0.05) is 12.1 Å². The fourth-order valence-electron chi connectivity index (χ4n) is 2.60. The predicted octanol–water partition coefficient (Wildman–Crippen LogP) is 3.88. The van der Waals surface area contributed by atoms with E-state index in [0.717, 1.165) is 27.8 Å². The van der Waals surface area contributed by atoms with E-state index in [1.807, 2.05) is 43.5 Å². The van der Waals surface area contributed by atoms with E-state index < -0.39 is 0 Å². The van der Waals surface area contributed by atoms with E-state index in [4.69, 9.17) is 17.0 Å². The lowest BCUT2D eigenvalue weighted by Gasteiger charge is -2.10. The van der Waals surface area contributed by atoms with E-state index in [1.165, 1.54) is 0 Å². The number of ether oxygens (including phenoxy) is 1. The number of nitrogens with one attached hydrogen (secondary N) is 2. The molecular formula is C18H19N5OS2. The summed E-state index contributed by atoms with van der Waals surface area (Å²) in [6.45, 7) is 4.09. The molecule has 0 fully saturated rings. The van der Waals surface area contributed by atoms with E-state index in [1.54, 1.807) is 30.9 Å². The van der Waals surface area contributed by atoms with E-state index in [9.17, 15) is 0 Å². The second kappa shape index (κ2) is 8.11. The highest BCUT2D eigenvalue weighted by atomic mass is 32.1. The number of thiazole rings is 1. The van der Waals surface area contributed by atoms with Gasteiger partial charge in [-0.3, -0.25) is 9.99 Å². The summed E-state index contributed by atoms with van der Waals surface area (Å²) in [5.74, 6) is 0.715. The first-order valence-electron chi connectivity index (χ1n) is 7.92. The number of hydrogen-bond acceptors (Lipinski definition) is 5. The molecule has 1 aromatic carbocycles. The molecule has 26 heavy (non-hydrogen) atoms. The van der Waals surface area contributed by atoms with Gasteiger partial charge in [0.1, 0.15) is 5.75 Å². The minimum Gasteiger partial charge on any atom is -0.495 e. The smallest absolute Gasteiger partial charge is 0.193 e. The van der Waals surface area contributed by atoms with Crippen LogP contribution in [0.2, 0.25) is 0 Å². The van der Waals surface area contributed by atoms with Crippen LogP contribution in [0, 0.1) is 13.8 Å². The Hall–Kier alpha value is -2.71. The third kappa shape index (κ3) is 3.92. The van der Waals surface area contributed by atoms with Gasteiger partial charge >= 0.3 is 0 Å². The summed E-state index contributed by atoms with van der Waals surface area (Å²) in [7, 11) is 1.62. The van der Waals surface area contributed by atoms with Crippen molar-refractivity contribution in [1.29, 1.82) is 0 Å². The topological polar surface area (TPSA) is 63.5 Å². The zero-order valence-electron chi connectivity index (χ0n) is 14.7. The van der Waals surface area contributed by atoms with E-state index in [-0.39, 0.29) is 0 Å². The highest BCUT2D eigenvalue weighted by molar-refractivity contribution is 7.80. The van der Waals surface area contributed by atoms with Gasteiger partial charge in [0, 0.05) is 28.5 Å². The molecule has 0 saturated heterocycles. The molecule has 0 aliphatic heterocycles. The van der Waals surface area contributed by atoms with Crippen LogP contribution in [-0.4, -0.2) is 28.0 Å². The number of thiocarbonyl (C=S) groups is 1. The first-order valence-corrected chi connectivity index (χ1v) is 9.21. The SMILES string of the molecule is COc1ccccc1NC(=S)N/N=C\c1cc(C)n(-c2nccs2)c1C. The lowest BCUT2D eigenvalue weighted by Crippen LogP contribution is -2.24. The van der Waals surface area contributed by atoms with Crippen LogP contribution in [0.1, 0.15) is 17.0 Å². The number of rotatable bonds is 5. The van der Waals surface area contributed by atoms with Gasteiger partial charge in [-0.05, 0) is 44.3 Å². The molecule has 2 N–H and O–H groups in total. The van der Waals surface area contributed by atoms with Gasteiger partial charge in [-0.2, -0.15) is 5.10 Å². The lowest BCUT2D eigenvalue weighted by molar-refractivity contribution is 0.417. The normalized spacial score (nSPS) is 10.9. The van der Waals surface area contributed by atoms with Gasteiger partial charge in [-0.25, -0.2) is 4.98 Å². The molecule has 2 aromatic heterocycles. The molecule has 0 amide bonds. The molecule has 0 aliphatic rings. The Bertz CT molecular complexity index is 931. The molecule has 0 spiro atoms.